The van der Waals surface area contributed by atoms with Gasteiger partial charge in [0.25, 0.3) is 0 Å². The smallest absolute Gasteiger partial charge is 0.187 e. The molecule has 0 aliphatic carbocycles. The van der Waals surface area contributed by atoms with E-state index in [2.05, 4.69) is 37.2 Å². The van der Waals surface area contributed by atoms with Crippen LogP contribution in [0, 0.1) is 6.92 Å². The van der Waals surface area contributed by atoms with Gasteiger partial charge in [-0.1, -0.05) is 18.7 Å². The molecule has 3 heterocycles. The highest BCUT2D eigenvalue weighted by molar-refractivity contribution is 7.80. The van der Waals surface area contributed by atoms with Crippen molar-refractivity contribution in [3.8, 4) is 0 Å². The highest BCUT2D eigenvalue weighted by Crippen LogP contribution is 2.12. The van der Waals surface area contributed by atoms with Crippen molar-refractivity contribution < 1.29 is 0 Å². The predicted molar refractivity (Wildman–Crippen MR) is 105 cm³/mol. The number of pyridine rings is 2. The number of nitrogens with one attached hydrogen (secondary N) is 2. The van der Waals surface area contributed by atoms with Crippen molar-refractivity contribution in [1.82, 2.24) is 25.7 Å². The van der Waals surface area contributed by atoms with Gasteiger partial charge in [0.2, 0.25) is 0 Å². The van der Waals surface area contributed by atoms with Crippen LogP contribution in [0.4, 0.5) is 5.82 Å². The van der Waals surface area contributed by atoms with Crippen LogP contribution in [0.5, 0.6) is 0 Å². The molecule has 25 heavy (non-hydrogen) atoms. The van der Waals surface area contributed by atoms with Crippen molar-refractivity contribution in [3.63, 3.8) is 0 Å². The van der Waals surface area contributed by atoms with E-state index >= 15 is 0 Å². The van der Waals surface area contributed by atoms with E-state index in [1.54, 1.807) is 0 Å². The van der Waals surface area contributed by atoms with Crippen LogP contribution < -0.4 is 15.8 Å². The number of hydrogen-bond donors (Lipinski definition) is 2. The summed E-state index contributed by atoms with van der Waals surface area (Å²) in [5.74, 6) is 1.01. The van der Waals surface area contributed by atoms with E-state index < -0.39 is 0 Å². The van der Waals surface area contributed by atoms with Gasteiger partial charge >= 0.3 is 0 Å². The van der Waals surface area contributed by atoms with Gasteiger partial charge in [0.05, 0.1) is 11.4 Å². The van der Waals surface area contributed by atoms with Crippen LogP contribution in [0.15, 0.2) is 49.2 Å². The summed E-state index contributed by atoms with van der Waals surface area (Å²) in [5, 5.41) is 0.662. The summed E-state index contributed by atoms with van der Waals surface area (Å²) in [5.41, 5.74) is 8.56. The normalized spacial score (nSPS) is 14.1. The summed E-state index contributed by atoms with van der Waals surface area (Å²) >= 11 is 5.48. The minimum Gasteiger partial charge on any atom is -0.353 e. The molecule has 0 atom stereocenters. The molecule has 2 aromatic heterocycles. The summed E-state index contributed by atoms with van der Waals surface area (Å²) in [6, 6.07) is 11.8. The van der Waals surface area contributed by atoms with Crippen LogP contribution in [0.25, 0.3) is 5.70 Å². The van der Waals surface area contributed by atoms with E-state index in [9.17, 15) is 0 Å². The van der Waals surface area contributed by atoms with Crippen molar-refractivity contribution in [2.45, 2.75) is 6.92 Å². The SMILES string of the molecule is C=C(NNC(=S)N1CCN(c2ccccn2)CC1)c1cccc(C)n1. The fourth-order valence-corrected chi connectivity index (χ4v) is 2.90. The van der Waals surface area contributed by atoms with Gasteiger partial charge in [0, 0.05) is 38.1 Å². The second-order valence-electron chi connectivity index (χ2n) is 5.86. The Bertz CT molecular complexity index is 740. The van der Waals surface area contributed by atoms with Crippen LogP contribution in [0.3, 0.4) is 0 Å². The van der Waals surface area contributed by atoms with Crippen LogP contribution in [0.2, 0.25) is 0 Å². The van der Waals surface area contributed by atoms with Crippen LogP contribution in [-0.4, -0.2) is 46.2 Å². The van der Waals surface area contributed by atoms with E-state index in [4.69, 9.17) is 12.2 Å². The fourth-order valence-electron chi connectivity index (χ4n) is 2.66. The molecule has 0 saturated carbocycles. The lowest BCUT2D eigenvalue weighted by molar-refractivity contribution is 0.377. The second kappa shape index (κ2) is 7.94. The van der Waals surface area contributed by atoms with E-state index in [0.29, 0.717) is 10.8 Å². The zero-order valence-corrected chi connectivity index (χ0v) is 15.1. The molecular weight excluding hydrogens is 332 g/mol. The Morgan fingerprint density at radius 1 is 1.08 bits per heavy atom. The minimum absolute atomic E-state index is 0.662. The number of rotatable bonds is 4. The third kappa shape index (κ3) is 4.45. The zero-order valence-electron chi connectivity index (χ0n) is 14.3. The quantitative estimate of drug-likeness (QED) is 0.643. The largest absolute Gasteiger partial charge is 0.353 e. The second-order valence-corrected chi connectivity index (χ2v) is 6.25. The van der Waals surface area contributed by atoms with E-state index in [-0.39, 0.29) is 0 Å². The molecule has 130 valence electrons. The number of hydrazine groups is 1. The molecule has 0 bridgehead atoms. The van der Waals surface area contributed by atoms with Crippen molar-refractivity contribution in [2.24, 2.45) is 0 Å². The highest BCUT2D eigenvalue weighted by atomic mass is 32.1. The van der Waals surface area contributed by atoms with Crippen molar-refractivity contribution in [3.05, 3.63) is 60.6 Å². The Labute approximate surface area is 153 Å². The molecule has 0 aromatic carbocycles. The minimum atomic E-state index is 0.662. The Hall–Kier alpha value is -2.67. The summed E-state index contributed by atoms with van der Waals surface area (Å²) in [7, 11) is 0. The molecule has 7 heteroatoms. The first kappa shape index (κ1) is 17.2. The third-order valence-corrected chi connectivity index (χ3v) is 4.42. The van der Waals surface area contributed by atoms with Crippen molar-refractivity contribution >= 4 is 28.8 Å². The molecule has 1 aliphatic rings. The van der Waals surface area contributed by atoms with Gasteiger partial charge in [-0.05, 0) is 43.4 Å². The maximum atomic E-state index is 5.48. The number of thiocarbonyl (C=S) groups is 1. The Morgan fingerprint density at radius 3 is 2.56 bits per heavy atom. The van der Waals surface area contributed by atoms with Crippen molar-refractivity contribution in [2.75, 3.05) is 31.1 Å². The van der Waals surface area contributed by atoms with E-state index in [0.717, 1.165) is 43.4 Å². The number of anilines is 1. The van der Waals surface area contributed by atoms with Crippen LogP contribution in [0.1, 0.15) is 11.4 Å². The molecule has 2 aromatic rings. The number of piperazine rings is 1. The van der Waals surface area contributed by atoms with Crippen LogP contribution in [-0.2, 0) is 0 Å². The highest BCUT2D eigenvalue weighted by Gasteiger charge is 2.19. The van der Waals surface area contributed by atoms with Crippen molar-refractivity contribution in [1.29, 1.82) is 0 Å². The number of hydrogen-bond acceptors (Lipinski definition) is 5. The maximum absolute atomic E-state index is 5.48. The van der Waals surface area contributed by atoms with Gasteiger partial charge < -0.3 is 9.80 Å². The maximum Gasteiger partial charge on any atom is 0.187 e. The summed E-state index contributed by atoms with van der Waals surface area (Å²) < 4.78 is 0. The molecule has 0 unspecified atom stereocenters. The monoisotopic (exact) mass is 354 g/mol. The lowest BCUT2D eigenvalue weighted by Crippen LogP contribution is -2.54. The third-order valence-electron chi connectivity index (χ3n) is 4.06. The Morgan fingerprint density at radius 2 is 1.88 bits per heavy atom. The van der Waals surface area contributed by atoms with E-state index in [1.807, 2.05) is 49.5 Å². The Balaban J connectivity index is 1.47. The molecule has 0 amide bonds. The number of aryl methyl sites for hydroxylation is 1. The molecule has 0 spiro atoms. The zero-order chi connectivity index (χ0) is 17.6. The molecule has 2 N–H and O–H groups in total. The van der Waals surface area contributed by atoms with Crippen LogP contribution >= 0.6 is 12.2 Å². The molecular formula is C18H22N6S. The first-order valence-electron chi connectivity index (χ1n) is 8.23. The van der Waals surface area contributed by atoms with Gasteiger partial charge in [-0.3, -0.25) is 15.8 Å². The molecule has 1 fully saturated rings. The van der Waals surface area contributed by atoms with E-state index in [1.165, 1.54) is 0 Å². The first-order valence-corrected chi connectivity index (χ1v) is 8.64. The lowest BCUT2D eigenvalue weighted by atomic mass is 10.3. The Kier molecular flexibility index (Phi) is 5.45. The first-order chi connectivity index (χ1) is 12.1. The lowest BCUT2D eigenvalue weighted by Gasteiger charge is -2.36. The average molecular weight is 354 g/mol. The van der Waals surface area contributed by atoms with Gasteiger partial charge in [0.1, 0.15) is 5.82 Å². The number of nitrogens with zero attached hydrogens (tertiary/aromatic N) is 4. The molecule has 3 rings (SSSR count). The van der Waals surface area contributed by atoms with Gasteiger partial charge in [-0.15, -0.1) is 0 Å². The predicted octanol–water partition coefficient (Wildman–Crippen LogP) is 1.96. The number of aromatic nitrogens is 2. The summed E-state index contributed by atoms with van der Waals surface area (Å²) in [6.45, 7) is 9.43. The average Bonchev–Trinajstić information content (AvgIpc) is 2.66. The molecule has 1 saturated heterocycles. The van der Waals surface area contributed by atoms with Gasteiger partial charge in [0.15, 0.2) is 5.11 Å². The van der Waals surface area contributed by atoms with Gasteiger partial charge in [-0.25, -0.2) is 4.98 Å². The standard InChI is InChI=1S/C18H22N6S/c1-14-6-5-7-16(20-14)15(2)21-22-18(25)24-12-10-23(11-13-24)17-8-3-4-9-19-17/h3-9,21H,2,10-13H2,1H3,(H,22,25). The fraction of sp³-hybridized carbons (Fsp3) is 0.278. The summed E-state index contributed by atoms with van der Waals surface area (Å²) in [6.07, 6.45) is 1.82. The summed E-state index contributed by atoms with van der Waals surface area (Å²) in [4.78, 5) is 13.2. The molecule has 0 radical (unpaired) electrons. The van der Waals surface area contributed by atoms with Gasteiger partial charge in [-0.2, -0.15) is 0 Å². The molecule has 1 aliphatic heterocycles. The molecule has 6 nitrogen and oxygen atoms in total. The topological polar surface area (TPSA) is 56.3 Å².